The van der Waals surface area contributed by atoms with E-state index in [-0.39, 0.29) is 0 Å². The van der Waals surface area contributed by atoms with Gasteiger partial charge in [-0.3, -0.25) is 0 Å². The molecule has 0 aliphatic heterocycles. The lowest BCUT2D eigenvalue weighted by Gasteiger charge is -2.16. The predicted molar refractivity (Wildman–Crippen MR) is 167 cm³/mol. The molecule has 41 heavy (non-hydrogen) atoms. The van der Waals surface area contributed by atoms with Crippen molar-refractivity contribution in [1.82, 2.24) is 4.57 Å². The molecule has 0 N–H and O–H groups in total. The van der Waals surface area contributed by atoms with Gasteiger partial charge in [-0.2, -0.15) is 10.5 Å². The average molecular weight is 522 g/mol. The van der Waals surface area contributed by atoms with Gasteiger partial charge in [0.05, 0.1) is 28.2 Å². The molecule has 0 bridgehead atoms. The zero-order chi connectivity index (χ0) is 27.8. The van der Waals surface area contributed by atoms with E-state index in [1.165, 1.54) is 0 Å². The summed E-state index contributed by atoms with van der Waals surface area (Å²) in [6.45, 7) is 0. The first-order chi connectivity index (χ1) is 20.2. The maximum atomic E-state index is 10.5. The first kappa shape index (κ1) is 24.2. The molecular formula is C38H23N3. The molecule has 0 aliphatic carbocycles. The molecule has 3 nitrogen and oxygen atoms in total. The summed E-state index contributed by atoms with van der Waals surface area (Å²) >= 11 is 0. The minimum atomic E-state index is 0.537. The van der Waals surface area contributed by atoms with Gasteiger partial charge >= 0.3 is 0 Å². The van der Waals surface area contributed by atoms with Crippen molar-refractivity contribution in [2.45, 2.75) is 0 Å². The molecule has 0 saturated heterocycles. The van der Waals surface area contributed by atoms with Gasteiger partial charge in [-0.05, 0) is 64.7 Å². The van der Waals surface area contributed by atoms with E-state index >= 15 is 0 Å². The molecule has 0 aliphatic rings. The molecule has 190 valence electrons. The van der Waals surface area contributed by atoms with E-state index in [1.807, 2.05) is 72.8 Å². The third-order valence-electron chi connectivity index (χ3n) is 7.64. The summed E-state index contributed by atoms with van der Waals surface area (Å²) in [6, 6.07) is 51.8. The fraction of sp³-hybridized carbons (Fsp3) is 0. The Morgan fingerprint density at radius 2 is 0.976 bits per heavy atom. The van der Waals surface area contributed by atoms with Gasteiger partial charge in [0.2, 0.25) is 0 Å². The van der Waals surface area contributed by atoms with Gasteiger partial charge in [-0.15, -0.1) is 0 Å². The zero-order valence-corrected chi connectivity index (χ0v) is 22.1. The molecule has 0 fully saturated rings. The van der Waals surface area contributed by atoms with Gasteiger partial charge in [0, 0.05) is 27.6 Å². The quantitative estimate of drug-likeness (QED) is 0.232. The Morgan fingerprint density at radius 3 is 1.56 bits per heavy atom. The van der Waals surface area contributed by atoms with Gasteiger partial charge in [0.15, 0.2) is 0 Å². The van der Waals surface area contributed by atoms with Crippen LogP contribution in [0.1, 0.15) is 11.1 Å². The van der Waals surface area contributed by atoms with Crippen LogP contribution in [0.15, 0.2) is 140 Å². The van der Waals surface area contributed by atoms with E-state index in [1.54, 1.807) is 0 Å². The first-order valence-corrected chi connectivity index (χ1v) is 13.5. The van der Waals surface area contributed by atoms with Crippen LogP contribution in [0.25, 0.3) is 60.9 Å². The van der Waals surface area contributed by atoms with Crippen LogP contribution in [0.5, 0.6) is 0 Å². The Kier molecular flexibility index (Phi) is 5.90. The van der Waals surface area contributed by atoms with Crippen molar-refractivity contribution in [3.05, 3.63) is 151 Å². The summed E-state index contributed by atoms with van der Waals surface area (Å²) in [5.74, 6) is 0. The molecule has 0 unspecified atom stereocenters. The number of hydrogen-bond donors (Lipinski definition) is 0. The number of rotatable bonds is 4. The summed E-state index contributed by atoms with van der Waals surface area (Å²) in [7, 11) is 0. The Balaban J connectivity index is 1.54. The number of nitriles is 2. The van der Waals surface area contributed by atoms with E-state index in [0.29, 0.717) is 11.1 Å². The standard InChI is InChI=1S/C38H23N3/c39-24-26-19-30(21-31(20-26)41-37-17-9-7-15-32(37)33-16-8-10-18-38(33)41)35-23-29(27-11-3-1-4-12-27)22-34(36(35)25-40)28-13-5-2-6-14-28/h1-23H. The van der Waals surface area contributed by atoms with Crippen LogP contribution >= 0.6 is 0 Å². The third-order valence-corrected chi connectivity index (χ3v) is 7.64. The summed E-state index contributed by atoms with van der Waals surface area (Å²) in [4.78, 5) is 0. The first-order valence-electron chi connectivity index (χ1n) is 13.5. The number of fused-ring (bicyclic) bond motifs is 3. The van der Waals surface area contributed by atoms with Crippen molar-refractivity contribution in [2.75, 3.05) is 0 Å². The highest BCUT2D eigenvalue weighted by molar-refractivity contribution is 6.09. The largest absolute Gasteiger partial charge is 0.309 e. The molecule has 6 aromatic carbocycles. The Hall–Kier alpha value is -5.90. The second-order valence-corrected chi connectivity index (χ2v) is 10.0. The van der Waals surface area contributed by atoms with E-state index in [2.05, 4.69) is 83.4 Å². The molecule has 3 heteroatoms. The van der Waals surface area contributed by atoms with Gasteiger partial charge in [-0.1, -0.05) is 97.1 Å². The molecule has 0 amide bonds. The monoisotopic (exact) mass is 521 g/mol. The normalized spacial score (nSPS) is 10.9. The summed E-state index contributed by atoms with van der Waals surface area (Å²) < 4.78 is 2.21. The number of para-hydroxylation sites is 2. The highest BCUT2D eigenvalue weighted by atomic mass is 15.0. The van der Waals surface area contributed by atoms with Gasteiger partial charge < -0.3 is 4.57 Å². The van der Waals surface area contributed by atoms with Crippen LogP contribution in [-0.2, 0) is 0 Å². The molecule has 7 rings (SSSR count). The Morgan fingerprint density at radius 1 is 0.439 bits per heavy atom. The average Bonchev–Trinajstić information content (AvgIpc) is 3.39. The van der Waals surface area contributed by atoms with E-state index in [0.717, 1.165) is 60.9 Å². The molecule has 1 heterocycles. The maximum Gasteiger partial charge on any atom is 0.100 e. The van der Waals surface area contributed by atoms with Gasteiger partial charge in [-0.25, -0.2) is 0 Å². The van der Waals surface area contributed by atoms with Crippen LogP contribution in [0.3, 0.4) is 0 Å². The van der Waals surface area contributed by atoms with Gasteiger partial charge in [0.1, 0.15) is 6.07 Å². The van der Waals surface area contributed by atoms with Crippen LogP contribution in [-0.4, -0.2) is 4.57 Å². The molecule has 7 aromatic rings. The minimum absolute atomic E-state index is 0.537. The van der Waals surface area contributed by atoms with Crippen LogP contribution < -0.4 is 0 Å². The fourth-order valence-corrected chi connectivity index (χ4v) is 5.79. The second kappa shape index (κ2) is 10.0. The molecule has 0 radical (unpaired) electrons. The number of benzene rings is 6. The molecule has 0 spiro atoms. The van der Waals surface area contributed by atoms with Crippen molar-refractivity contribution in [3.63, 3.8) is 0 Å². The number of aromatic nitrogens is 1. The molecule has 0 saturated carbocycles. The Bertz CT molecular complexity index is 2110. The number of hydrogen-bond acceptors (Lipinski definition) is 2. The topological polar surface area (TPSA) is 52.5 Å². The van der Waals surface area contributed by atoms with E-state index in [9.17, 15) is 10.5 Å². The van der Waals surface area contributed by atoms with Crippen LogP contribution in [0.4, 0.5) is 0 Å². The Labute approximate surface area is 238 Å². The lowest BCUT2D eigenvalue weighted by molar-refractivity contribution is 1.18. The highest BCUT2D eigenvalue weighted by Crippen LogP contribution is 2.39. The van der Waals surface area contributed by atoms with Crippen molar-refractivity contribution < 1.29 is 0 Å². The molecular weight excluding hydrogens is 498 g/mol. The smallest absolute Gasteiger partial charge is 0.100 e. The van der Waals surface area contributed by atoms with Crippen LogP contribution in [0, 0.1) is 22.7 Å². The summed E-state index contributed by atoms with van der Waals surface area (Å²) in [5.41, 5.74) is 9.68. The van der Waals surface area contributed by atoms with Crippen molar-refractivity contribution >= 4 is 21.8 Å². The summed E-state index contributed by atoms with van der Waals surface area (Å²) in [6.07, 6.45) is 0. The highest BCUT2D eigenvalue weighted by Gasteiger charge is 2.18. The van der Waals surface area contributed by atoms with Crippen molar-refractivity contribution in [3.8, 4) is 51.2 Å². The van der Waals surface area contributed by atoms with E-state index < -0.39 is 0 Å². The lowest BCUT2D eigenvalue weighted by atomic mass is 9.88. The van der Waals surface area contributed by atoms with Gasteiger partial charge in [0.25, 0.3) is 0 Å². The lowest BCUT2D eigenvalue weighted by Crippen LogP contribution is -1.98. The zero-order valence-electron chi connectivity index (χ0n) is 22.1. The maximum absolute atomic E-state index is 10.5. The minimum Gasteiger partial charge on any atom is -0.309 e. The molecule has 0 atom stereocenters. The predicted octanol–water partition coefficient (Wildman–Crippen LogP) is 9.53. The SMILES string of the molecule is N#Cc1cc(-c2cc(-c3ccccc3)cc(-c3ccccc3)c2C#N)cc(-n2c3ccccc3c3ccccc32)c1. The third kappa shape index (κ3) is 4.14. The fourth-order valence-electron chi connectivity index (χ4n) is 5.79. The van der Waals surface area contributed by atoms with Crippen molar-refractivity contribution in [1.29, 1.82) is 10.5 Å². The van der Waals surface area contributed by atoms with Crippen molar-refractivity contribution in [2.24, 2.45) is 0 Å². The van der Waals surface area contributed by atoms with E-state index in [4.69, 9.17) is 0 Å². The molecule has 1 aromatic heterocycles. The summed E-state index contributed by atoms with van der Waals surface area (Å²) in [5, 5.41) is 23.0. The second-order valence-electron chi connectivity index (χ2n) is 10.0. The number of nitrogens with zero attached hydrogens (tertiary/aromatic N) is 3. The van der Waals surface area contributed by atoms with Crippen LogP contribution in [0.2, 0.25) is 0 Å².